The SMILES string of the molecule is O=C(OCc1cc(=O)n2cc(Cl)ccc2n1)c1ccc(Cl)cc1. The number of esters is 1. The van der Waals surface area contributed by atoms with Gasteiger partial charge in [-0.1, -0.05) is 23.2 Å². The summed E-state index contributed by atoms with van der Waals surface area (Å²) in [6, 6.07) is 10.9. The summed E-state index contributed by atoms with van der Waals surface area (Å²) in [7, 11) is 0. The molecule has 0 fully saturated rings. The van der Waals surface area contributed by atoms with E-state index < -0.39 is 5.97 Å². The third kappa shape index (κ3) is 3.52. The maximum Gasteiger partial charge on any atom is 0.338 e. The fourth-order valence-electron chi connectivity index (χ4n) is 2.01. The second-order valence-electron chi connectivity index (χ2n) is 4.74. The molecular formula is C16H10Cl2N2O3. The first-order chi connectivity index (χ1) is 11.0. The average molecular weight is 349 g/mol. The van der Waals surface area contributed by atoms with Crippen LogP contribution in [0.1, 0.15) is 16.1 Å². The van der Waals surface area contributed by atoms with Crippen LogP contribution in [0.4, 0.5) is 0 Å². The predicted molar refractivity (Wildman–Crippen MR) is 87.0 cm³/mol. The Morgan fingerprint density at radius 1 is 1.09 bits per heavy atom. The van der Waals surface area contributed by atoms with Crippen LogP contribution in [0.3, 0.4) is 0 Å². The topological polar surface area (TPSA) is 60.7 Å². The molecule has 3 rings (SSSR count). The molecule has 2 aromatic heterocycles. The molecule has 0 atom stereocenters. The molecule has 0 bridgehead atoms. The Balaban J connectivity index is 1.79. The van der Waals surface area contributed by atoms with E-state index in [4.69, 9.17) is 27.9 Å². The molecule has 0 aliphatic heterocycles. The van der Waals surface area contributed by atoms with E-state index in [1.54, 1.807) is 36.4 Å². The average Bonchev–Trinajstić information content (AvgIpc) is 2.54. The maximum absolute atomic E-state index is 12.0. The van der Waals surface area contributed by atoms with Crippen LogP contribution in [-0.2, 0) is 11.3 Å². The minimum Gasteiger partial charge on any atom is -0.456 e. The quantitative estimate of drug-likeness (QED) is 0.681. The second-order valence-corrected chi connectivity index (χ2v) is 5.62. The van der Waals surface area contributed by atoms with Crippen molar-refractivity contribution in [1.29, 1.82) is 0 Å². The van der Waals surface area contributed by atoms with Crippen LogP contribution in [0.5, 0.6) is 0 Å². The van der Waals surface area contributed by atoms with Gasteiger partial charge in [-0.2, -0.15) is 0 Å². The number of fused-ring (bicyclic) bond motifs is 1. The number of hydrogen-bond acceptors (Lipinski definition) is 4. The van der Waals surface area contributed by atoms with Crippen LogP contribution in [0.15, 0.2) is 53.5 Å². The lowest BCUT2D eigenvalue weighted by atomic mass is 10.2. The van der Waals surface area contributed by atoms with Crippen LogP contribution in [0.2, 0.25) is 10.0 Å². The first kappa shape index (κ1) is 15.5. The van der Waals surface area contributed by atoms with Gasteiger partial charge in [0.25, 0.3) is 5.56 Å². The Kier molecular flexibility index (Phi) is 4.32. The summed E-state index contributed by atoms with van der Waals surface area (Å²) in [6.45, 7) is -0.101. The number of pyridine rings is 1. The minimum atomic E-state index is -0.514. The zero-order valence-electron chi connectivity index (χ0n) is 11.7. The highest BCUT2D eigenvalue weighted by Gasteiger charge is 2.09. The molecule has 23 heavy (non-hydrogen) atoms. The Bertz CT molecular complexity index is 936. The number of hydrogen-bond donors (Lipinski definition) is 0. The Morgan fingerprint density at radius 2 is 1.78 bits per heavy atom. The lowest BCUT2D eigenvalue weighted by molar-refractivity contribution is 0.0467. The zero-order chi connectivity index (χ0) is 16.4. The lowest BCUT2D eigenvalue weighted by Crippen LogP contribution is -2.16. The van der Waals surface area contributed by atoms with E-state index >= 15 is 0 Å². The Morgan fingerprint density at radius 3 is 2.52 bits per heavy atom. The van der Waals surface area contributed by atoms with Crippen molar-refractivity contribution in [2.75, 3.05) is 0 Å². The van der Waals surface area contributed by atoms with Gasteiger partial charge in [0.15, 0.2) is 0 Å². The Hall–Kier alpha value is -2.37. The molecule has 1 aromatic carbocycles. The van der Waals surface area contributed by atoms with Crippen molar-refractivity contribution in [2.45, 2.75) is 6.61 Å². The molecule has 0 N–H and O–H groups in total. The minimum absolute atomic E-state index is 0.101. The van der Waals surface area contributed by atoms with E-state index in [1.165, 1.54) is 16.7 Å². The van der Waals surface area contributed by atoms with E-state index in [-0.39, 0.29) is 12.2 Å². The molecule has 0 aliphatic carbocycles. The van der Waals surface area contributed by atoms with E-state index in [0.717, 1.165) is 0 Å². The van der Waals surface area contributed by atoms with E-state index in [0.29, 0.717) is 26.9 Å². The third-order valence-corrected chi connectivity index (χ3v) is 3.58. The molecule has 0 radical (unpaired) electrons. The summed E-state index contributed by atoms with van der Waals surface area (Å²) in [5.41, 5.74) is 0.868. The predicted octanol–water partition coefficient (Wildman–Crippen LogP) is 3.36. The van der Waals surface area contributed by atoms with E-state index in [2.05, 4.69) is 4.98 Å². The fraction of sp³-hybridized carbons (Fsp3) is 0.0625. The van der Waals surface area contributed by atoms with Gasteiger partial charge in [0.1, 0.15) is 12.3 Å². The highest BCUT2D eigenvalue weighted by molar-refractivity contribution is 6.30. The van der Waals surface area contributed by atoms with Gasteiger partial charge in [-0.15, -0.1) is 0 Å². The molecule has 116 valence electrons. The summed E-state index contributed by atoms with van der Waals surface area (Å²) in [5.74, 6) is -0.514. The van der Waals surface area contributed by atoms with Crippen LogP contribution >= 0.6 is 23.2 Å². The number of ether oxygens (including phenoxy) is 1. The van der Waals surface area contributed by atoms with Gasteiger partial charge in [-0.25, -0.2) is 9.78 Å². The van der Waals surface area contributed by atoms with Crippen LogP contribution in [0, 0.1) is 0 Å². The van der Waals surface area contributed by atoms with E-state index in [9.17, 15) is 9.59 Å². The van der Waals surface area contributed by atoms with Gasteiger partial charge in [-0.3, -0.25) is 9.20 Å². The molecular weight excluding hydrogens is 339 g/mol. The molecule has 0 unspecified atom stereocenters. The largest absolute Gasteiger partial charge is 0.456 e. The molecule has 0 aliphatic rings. The van der Waals surface area contributed by atoms with Crippen molar-refractivity contribution in [2.24, 2.45) is 0 Å². The molecule has 0 saturated carbocycles. The summed E-state index contributed by atoms with van der Waals surface area (Å²) < 4.78 is 6.49. The molecule has 3 aromatic rings. The van der Waals surface area contributed by atoms with Crippen LogP contribution in [-0.4, -0.2) is 15.4 Å². The molecule has 7 heteroatoms. The maximum atomic E-state index is 12.0. The molecule has 5 nitrogen and oxygen atoms in total. The van der Waals surface area contributed by atoms with Crippen molar-refractivity contribution < 1.29 is 9.53 Å². The van der Waals surface area contributed by atoms with Gasteiger partial charge in [0.2, 0.25) is 0 Å². The Labute approximate surface area is 141 Å². The highest BCUT2D eigenvalue weighted by atomic mass is 35.5. The first-order valence-corrected chi connectivity index (χ1v) is 7.39. The standard InChI is InChI=1S/C16H10Cl2N2O3/c17-11-3-1-10(2-4-11)16(22)23-9-13-7-15(21)20-8-12(18)5-6-14(20)19-13/h1-8H,9H2. The van der Waals surface area contributed by atoms with Crippen LogP contribution < -0.4 is 5.56 Å². The van der Waals surface area contributed by atoms with Gasteiger partial charge in [0, 0.05) is 17.3 Å². The third-order valence-electron chi connectivity index (χ3n) is 3.11. The van der Waals surface area contributed by atoms with Gasteiger partial charge in [0.05, 0.1) is 16.3 Å². The summed E-state index contributed by atoms with van der Waals surface area (Å²) in [4.78, 5) is 28.2. The fourth-order valence-corrected chi connectivity index (χ4v) is 2.30. The number of halogens is 2. The first-order valence-electron chi connectivity index (χ1n) is 6.63. The second kappa shape index (κ2) is 6.40. The van der Waals surface area contributed by atoms with Gasteiger partial charge >= 0.3 is 5.97 Å². The molecule has 0 amide bonds. The van der Waals surface area contributed by atoms with Crippen LogP contribution in [0.25, 0.3) is 5.65 Å². The summed E-state index contributed by atoms with van der Waals surface area (Å²) in [5, 5.41) is 0.966. The number of rotatable bonds is 3. The highest BCUT2D eigenvalue weighted by Crippen LogP contribution is 2.12. The number of carbonyl (C=O) groups is 1. The van der Waals surface area contributed by atoms with Gasteiger partial charge < -0.3 is 4.74 Å². The lowest BCUT2D eigenvalue weighted by Gasteiger charge is -2.06. The summed E-state index contributed by atoms with van der Waals surface area (Å²) in [6.07, 6.45) is 1.48. The van der Waals surface area contributed by atoms with Crippen molar-refractivity contribution >= 4 is 34.8 Å². The van der Waals surface area contributed by atoms with Gasteiger partial charge in [-0.05, 0) is 36.4 Å². The number of benzene rings is 1. The zero-order valence-corrected chi connectivity index (χ0v) is 13.2. The normalized spacial score (nSPS) is 10.7. The molecule has 0 saturated heterocycles. The summed E-state index contributed by atoms with van der Waals surface area (Å²) >= 11 is 11.6. The smallest absolute Gasteiger partial charge is 0.338 e. The van der Waals surface area contributed by atoms with Crippen molar-refractivity contribution in [3.8, 4) is 0 Å². The van der Waals surface area contributed by atoms with Crippen molar-refractivity contribution in [1.82, 2.24) is 9.38 Å². The molecule has 0 spiro atoms. The number of carbonyl (C=O) groups excluding carboxylic acids is 1. The molecule has 2 heterocycles. The number of aromatic nitrogens is 2. The van der Waals surface area contributed by atoms with Crippen molar-refractivity contribution in [3.05, 3.63) is 80.3 Å². The number of nitrogens with zero attached hydrogens (tertiary/aromatic N) is 2. The van der Waals surface area contributed by atoms with Crippen molar-refractivity contribution in [3.63, 3.8) is 0 Å². The monoisotopic (exact) mass is 348 g/mol. The van der Waals surface area contributed by atoms with E-state index in [1.807, 2.05) is 0 Å².